The fraction of sp³-hybridized carbons (Fsp3) is 0.250. The molecule has 0 fully saturated rings. The molecule has 7 nitrogen and oxygen atoms in total. The number of hydrogen-bond donors (Lipinski definition) is 2. The molecule has 0 radical (unpaired) electrons. The van der Waals surface area contributed by atoms with Gasteiger partial charge in [0.2, 0.25) is 5.65 Å². The van der Waals surface area contributed by atoms with Crippen LogP contribution in [0, 0.1) is 6.92 Å². The van der Waals surface area contributed by atoms with Crippen molar-refractivity contribution in [2.45, 2.75) is 33.1 Å². The van der Waals surface area contributed by atoms with E-state index in [9.17, 15) is 0 Å². The molecule has 4 heterocycles. The van der Waals surface area contributed by atoms with Gasteiger partial charge in [-0.1, -0.05) is 32.0 Å². The topological polar surface area (TPSA) is 83.8 Å². The van der Waals surface area contributed by atoms with Gasteiger partial charge in [-0.15, -0.1) is 10.2 Å². The summed E-state index contributed by atoms with van der Waals surface area (Å²) in [6.07, 6.45) is 8.65. The molecule has 0 amide bonds. The van der Waals surface area contributed by atoms with Crippen LogP contribution in [0.5, 0.6) is 0 Å². The Morgan fingerprint density at radius 1 is 1.13 bits per heavy atom. The number of anilines is 1. The van der Waals surface area contributed by atoms with Gasteiger partial charge in [0.1, 0.15) is 5.82 Å². The van der Waals surface area contributed by atoms with Crippen LogP contribution in [0.15, 0.2) is 55.1 Å². The van der Waals surface area contributed by atoms with Gasteiger partial charge in [-0.25, -0.2) is 4.98 Å². The minimum Gasteiger partial charge on any atom is -0.367 e. The van der Waals surface area contributed by atoms with Crippen molar-refractivity contribution < 1.29 is 0 Å². The quantitative estimate of drug-likeness (QED) is 0.421. The van der Waals surface area contributed by atoms with Gasteiger partial charge in [-0.3, -0.25) is 9.38 Å². The highest BCUT2D eigenvalue weighted by Crippen LogP contribution is 2.25. The Bertz CT molecular complexity index is 1360. The van der Waals surface area contributed by atoms with Crippen molar-refractivity contribution >= 4 is 22.4 Å². The summed E-state index contributed by atoms with van der Waals surface area (Å²) in [7, 11) is 0. The van der Waals surface area contributed by atoms with E-state index >= 15 is 0 Å². The van der Waals surface area contributed by atoms with Crippen LogP contribution in [0.4, 0.5) is 5.82 Å². The fourth-order valence-electron chi connectivity index (χ4n) is 3.91. The molecule has 0 saturated heterocycles. The van der Waals surface area contributed by atoms with E-state index in [4.69, 9.17) is 4.98 Å². The lowest BCUT2D eigenvalue weighted by Gasteiger charge is -2.11. The molecule has 0 atom stereocenters. The zero-order valence-corrected chi connectivity index (χ0v) is 17.9. The SMILES string of the molecule is Cc1cncc(-c2cn3c(C(C)C)nnc3c(NCCc3c[nH]c4ccccc34)n2)c1. The van der Waals surface area contributed by atoms with Crippen LogP contribution in [0.25, 0.3) is 27.8 Å². The average Bonchev–Trinajstić information content (AvgIpc) is 3.38. The molecule has 7 heteroatoms. The van der Waals surface area contributed by atoms with E-state index in [0.29, 0.717) is 0 Å². The summed E-state index contributed by atoms with van der Waals surface area (Å²) < 4.78 is 2.04. The van der Waals surface area contributed by atoms with Gasteiger partial charge >= 0.3 is 0 Å². The van der Waals surface area contributed by atoms with Crippen LogP contribution >= 0.6 is 0 Å². The molecule has 0 bridgehead atoms. The lowest BCUT2D eigenvalue weighted by atomic mass is 10.1. The smallest absolute Gasteiger partial charge is 0.203 e. The van der Waals surface area contributed by atoms with Crippen molar-refractivity contribution in [2.24, 2.45) is 0 Å². The zero-order valence-electron chi connectivity index (χ0n) is 17.9. The Balaban J connectivity index is 1.49. The molecular weight excluding hydrogens is 386 g/mol. The molecule has 1 aromatic carbocycles. The van der Waals surface area contributed by atoms with Gasteiger partial charge < -0.3 is 10.3 Å². The molecule has 0 aliphatic carbocycles. The fourth-order valence-corrected chi connectivity index (χ4v) is 3.91. The molecule has 0 aliphatic heterocycles. The normalized spacial score (nSPS) is 11.6. The lowest BCUT2D eigenvalue weighted by molar-refractivity contribution is 0.758. The Morgan fingerprint density at radius 3 is 2.84 bits per heavy atom. The van der Waals surface area contributed by atoms with E-state index in [1.807, 2.05) is 36.0 Å². The molecule has 5 rings (SSSR count). The van der Waals surface area contributed by atoms with Crippen molar-refractivity contribution in [3.63, 3.8) is 0 Å². The highest BCUT2D eigenvalue weighted by Gasteiger charge is 2.16. The number of H-pyrrole nitrogens is 1. The number of nitrogens with one attached hydrogen (secondary N) is 2. The maximum absolute atomic E-state index is 4.88. The predicted molar refractivity (Wildman–Crippen MR) is 123 cm³/mol. The first-order chi connectivity index (χ1) is 15.1. The van der Waals surface area contributed by atoms with Crippen LogP contribution in [-0.2, 0) is 6.42 Å². The van der Waals surface area contributed by atoms with E-state index in [1.165, 1.54) is 10.9 Å². The average molecular weight is 412 g/mol. The van der Waals surface area contributed by atoms with E-state index < -0.39 is 0 Å². The van der Waals surface area contributed by atoms with E-state index in [1.54, 1.807) is 0 Å². The summed E-state index contributed by atoms with van der Waals surface area (Å²) in [6.45, 7) is 7.02. The van der Waals surface area contributed by atoms with Crippen molar-refractivity contribution in [3.05, 3.63) is 72.1 Å². The summed E-state index contributed by atoms with van der Waals surface area (Å²) in [4.78, 5) is 12.6. The van der Waals surface area contributed by atoms with Crippen molar-refractivity contribution in [3.8, 4) is 11.3 Å². The molecule has 0 saturated carbocycles. The van der Waals surface area contributed by atoms with E-state index in [2.05, 4.69) is 69.8 Å². The highest BCUT2D eigenvalue weighted by atomic mass is 15.3. The maximum atomic E-state index is 4.88. The van der Waals surface area contributed by atoms with Crippen LogP contribution < -0.4 is 5.32 Å². The summed E-state index contributed by atoms with van der Waals surface area (Å²) in [5, 5.41) is 13.6. The van der Waals surface area contributed by atoms with E-state index in [-0.39, 0.29) is 5.92 Å². The van der Waals surface area contributed by atoms with Gasteiger partial charge in [0, 0.05) is 53.7 Å². The van der Waals surface area contributed by atoms with Crippen molar-refractivity contribution in [1.29, 1.82) is 0 Å². The number of benzene rings is 1. The van der Waals surface area contributed by atoms with E-state index in [0.717, 1.165) is 52.6 Å². The zero-order chi connectivity index (χ0) is 21.4. The number of aromatic amines is 1. The Kier molecular flexibility index (Phi) is 4.86. The minimum absolute atomic E-state index is 0.250. The van der Waals surface area contributed by atoms with Crippen molar-refractivity contribution in [1.82, 2.24) is 29.5 Å². The Labute approximate surface area is 180 Å². The monoisotopic (exact) mass is 411 g/mol. The first-order valence-corrected chi connectivity index (χ1v) is 10.6. The molecule has 5 aromatic rings. The highest BCUT2D eigenvalue weighted by molar-refractivity contribution is 5.83. The third-order valence-corrected chi connectivity index (χ3v) is 5.47. The van der Waals surface area contributed by atoms with Gasteiger partial charge in [0.15, 0.2) is 5.82 Å². The number of hydrogen-bond acceptors (Lipinski definition) is 5. The standard InChI is InChI=1S/C24H25N7/c1-15(2)23-29-30-24-22(26-9-8-17-13-27-20-7-5-4-6-19(17)20)28-21(14-31(23)24)18-10-16(3)11-25-12-18/h4-7,10-15,27H,8-9H2,1-3H3,(H,26,28). The largest absolute Gasteiger partial charge is 0.367 e. The lowest BCUT2D eigenvalue weighted by Crippen LogP contribution is -2.09. The molecule has 4 aromatic heterocycles. The summed E-state index contributed by atoms with van der Waals surface area (Å²) in [5.41, 5.74) is 6.10. The number of fused-ring (bicyclic) bond motifs is 2. The minimum atomic E-state index is 0.250. The molecule has 156 valence electrons. The van der Waals surface area contributed by atoms with Gasteiger partial charge in [0.05, 0.1) is 5.69 Å². The summed E-state index contributed by atoms with van der Waals surface area (Å²) in [5.74, 6) is 1.90. The molecule has 0 unspecified atom stereocenters. The maximum Gasteiger partial charge on any atom is 0.203 e. The first kappa shape index (κ1) is 19.2. The Hall–Kier alpha value is -3.74. The van der Waals surface area contributed by atoms with Crippen molar-refractivity contribution in [2.75, 3.05) is 11.9 Å². The number of aryl methyl sites for hydroxylation is 1. The molecule has 0 spiro atoms. The third-order valence-electron chi connectivity index (χ3n) is 5.47. The summed E-state index contributed by atoms with van der Waals surface area (Å²) in [6, 6.07) is 10.5. The second kappa shape index (κ2) is 7.83. The second-order valence-corrected chi connectivity index (χ2v) is 8.17. The van der Waals surface area contributed by atoms with Gasteiger partial charge in [-0.2, -0.15) is 0 Å². The number of pyridine rings is 1. The number of para-hydroxylation sites is 1. The number of aromatic nitrogens is 6. The number of rotatable bonds is 6. The first-order valence-electron chi connectivity index (χ1n) is 10.6. The van der Waals surface area contributed by atoms with Crippen LogP contribution in [0.2, 0.25) is 0 Å². The van der Waals surface area contributed by atoms with Crippen LogP contribution in [0.3, 0.4) is 0 Å². The second-order valence-electron chi connectivity index (χ2n) is 8.17. The molecule has 31 heavy (non-hydrogen) atoms. The molecule has 2 N–H and O–H groups in total. The predicted octanol–water partition coefficient (Wildman–Crippen LogP) is 4.75. The van der Waals surface area contributed by atoms with Crippen LogP contribution in [0.1, 0.15) is 36.7 Å². The van der Waals surface area contributed by atoms with Crippen LogP contribution in [-0.4, -0.2) is 36.1 Å². The molecular formula is C24H25N7. The molecule has 0 aliphatic rings. The third kappa shape index (κ3) is 3.63. The Morgan fingerprint density at radius 2 is 2.00 bits per heavy atom. The summed E-state index contributed by atoms with van der Waals surface area (Å²) >= 11 is 0. The van der Waals surface area contributed by atoms with Gasteiger partial charge in [-0.05, 0) is 36.6 Å². The number of nitrogens with zero attached hydrogens (tertiary/aromatic N) is 5. The van der Waals surface area contributed by atoms with Gasteiger partial charge in [0.25, 0.3) is 0 Å².